The molecule has 0 saturated carbocycles. The standard InChI is InChI=1S/C16H17Cl3O6/c1-16(2,3)5-4-6-24-14(22)10-11(19)8(17)7-9(18)12(10)25-15(23)13(20)21/h7H,4-6H2,1-3H3,(H,20,21). The minimum atomic E-state index is -1.85. The number of carboxylic acids is 1. The fourth-order valence-electron chi connectivity index (χ4n) is 1.84. The molecule has 0 heterocycles. The summed E-state index contributed by atoms with van der Waals surface area (Å²) >= 11 is 17.8. The van der Waals surface area contributed by atoms with E-state index in [9.17, 15) is 14.4 Å². The van der Waals surface area contributed by atoms with Crippen LogP contribution in [0.5, 0.6) is 5.75 Å². The van der Waals surface area contributed by atoms with Gasteiger partial charge >= 0.3 is 17.9 Å². The molecule has 0 aliphatic carbocycles. The minimum Gasteiger partial charge on any atom is -0.473 e. The zero-order valence-electron chi connectivity index (χ0n) is 13.8. The highest BCUT2D eigenvalue weighted by Gasteiger charge is 2.27. The smallest absolute Gasteiger partial charge is 0.422 e. The third-order valence-corrected chi connectivity index (χ3v) is 4.07. The first-order valence-corrected chi connectivity index (χ1v) is 8.37. The summed E-state index contributed by atoms with van der Waals surface area (Å²) in [6.07, 6.45) is 1.41. The molecule has 1 N–H and O–H groups in total. The molecule has 9 heteroatoms. The molecule has 0 aliphatic rings. The lowest BCUT2D eigenvalue weighted by molar-refractivity contribution is -0.158. The molecule has 0 aromatic heterocycles. The van der Waals surface area contributed by atoms with Crippen molar-refractivity contribution in [3.8, 4) is 5.75 Å². The van der Waals surface area contributed by atoms with Crippen molar-refractivity contribution in [1.82, 2.24) is 0 Å². The molecule has 0 saturated heterocycles. The van der Waals surface area contributed by atoms with Crippen LogP contribution in [0.1, 0.15) is 44.0 Å². The van der Waals surface area contributed by atoms with Crippen LogP contribution < -0.4 is 4.74 Å². The molecule has 1 aromatic carbocycles. The summed E-state index contributed by atoms with van der Waals surface area (Å²) in [6, 6.07) is 1.13. The van der Waals surface area contributed by atoms with Gasteiger partial charge in [-0.25, -0.2) is 14.4 Å². The Morgan fingerprint density at radius 3 is 2.24 bits per heavy atom. The largest absolute Gasteiger partial charge is 0.473 e. The zero-order valence-corrected chi connectivity index (χ0v) is 16.1. The second kappa shape index (κ2) is 8.74. The van der Waals surface area contributed by atoms with Crippen molar-refractivity contribution in [1.29, 1.82) is 0 Å². The van der Waals surface area contributed by atoms with Crippen LogP contribution in [0.2, 0.25) is 15.1 Å². The number of aliphatic carboxylic acids is 1. The number of carboxylic acid groups (broad SMARTS) is 1. The molecule has 25 heavy (non-hydrogen) atoms. The van der Waals surface area contributed by atoms with Crippen LogP contribution >= 0.6 is 34.8 Å². The van der Waals surface area contributed by atoms with Gasteiger partial charge in [-0.1, -0.05) is 55.6 Å². The normalized spacial score (nSPS) is 11.1. The Morgan fingerprint density at radius 1 is 1.12 bits per heavy atom. The number of hydrogen-bond donors (Lipinski definition) is 1. The number of benzene rings is 1. The lowest BCUT2D eigenvalue weighted by Crippen LogP contribution is -2.21. The number of ether oxygens (including phenoxy) is 2. The lowest BCUT2D eigenvalue weighted by atomic mass is 9.91. The van der Waals surface area contributed by atoms with E-state index in [0.29, 0.717) is 6.42 Å². The first-order chi connectivity index (χ1) is 11.4. The fraction of sp³-hybridized carbons (Fsp3) is 0.438. The van der Waals surface area contributed by atoms with Gasteiger partial charge in [-0.15, -0.1) is 0 Å². The van der Waals surface area contributed by atoms with E-state index >= 15 is 0 Å². The quantitative estimate of drug-likeness (QED) is 0.250. The maximum Gasteiger partial charge on any atom is 0.422 e. The van der Waals surface area contributed by atoms with Gasteiger partial charge in [0.1, 0.15) is 5.56 Å². The number of halogens is 3. The van der Waals surface area contributed by atoms with Crippen LogP contribution in [0.25, 0.3) is 0 Å². The van der Waals surface area contributed by atoms with E-state index in [1.165, 1.54) is 0 Å². The van der Waals surface area contributed by atoms with E-state index in [-0.39, 0.29) is 27.1 Å². The van der Waals surface area contributed by atoms with Crippen LogP contribution in [0.4, 0.5) is 0 Å². The molecule has 0 bridgehead atoms. The predicted octanol–water partition coefficient (Wildman–Crippen LogP) is 4.62. The summed E-state index contributed by atoms with van der Waals surface area (Å²) in [6.45, 7) is 6.24. The Morgan fingerprint density at radius 2 is 1.72 bits per heavy atom. The number of rotatable bonds is 5. The zero-order chi connectivity index (χ0) is 19.4. The van der Waals surface area contributed by atoms with E-state index < -0.39 is 29.2 Å². The van der Waals surface area contributed by atoms with Crippen LogP contribution in [0, 0.1) is 5.41 Å². The lowest BCUT2D eigenvalue weighted by Gasteiger charge is -2.18. The van der Waals surface area contributed by atoms with Crippen LogP contribution in [0.15, 0.2) is 6.07 Å². The molecular weight excluding hydrogens is 395 g/mol. The van der Waals surface area contributed by atoms with Crippen molar-refractivity contribution in [2.24, 2.45) is 5.41 Å². The molecule has 0 unspecified atom stereocenters. The molecular formula is C16H17Cl3O6. The number of esters is 2. The summed E-state index contributed by atoms with van der Waals surface area (Å²) in [5.41, 5.74) is -0.324. The van der Waals surface area contributed by atoms with Gasteiger partial charge in [-0.2, -0.15) is 0 Å². The topological polar surface area (TPSA) is 89.9 Å². The van der Waals surface area contributed by atoms with Gasteiger partial charge in [0.25, 0.3) is 0 Å². The molecule has 138 valence electrons. The van der Waals surface area contributed by atoms with Gasteiger partial charge in [0.2, 0.25) is 0 Å². The number of hydrogen-bond acceptors (Lipinski definition) is 5. The van der Waals surface area contributed by atoms with E-state index in [1.54, 1.807) is 0 Å². The molecule has 0 aliphatic heterocycles. The molecule has 0 amide bonds. The Balaban J connectivity index is 3.04. The second-order valence-electron chi connectivity index (χ2n) is 6.35. The predicted molar refractivity (Wildman–Crippen MR) is 93.7 cm³/mol. The average Bonchev–Trinajstić information content (AvgIpc) is 2.48. The Hall–Kier alpha value is -1.50. The third kappa shape index (κ3) is 6.38. The highest BCUT2D eigenvalue weighted by molar-refractivity contribution is 6.46. The maximum absolute atomic E-state index is 12.3. The second-order valence-corrected chi connectivity index (χ2v) is 7.55. The van der Waals surface area contributed by atoms with Crippen molar-refractivity contribution in [2.45, 2.75) is 33.6 Å². The molecule has 0 fully saturated rings. The molecule has 0 spiro atoms. The van der Waals surface area contributed by atoms with E-state index in [2.05, 4.69) is 4.74 Å². The highest BCUT2D eigenvalue weighted by atomic mass is 35.5. The van der Waals surface area contributed by atoms with Crippen molar-refractivity contribution in [3.05, 3.63) is 26.7 Å². The van der Waals surface area contributed by atoms with Crippen LogP contribution in [0.3, 0.4) is 0 Å². The SMILES string of the molecule is CC(C)(C)CCCOC(=O)c1c(Cl)c(Cl)cc(Cl)c1OC(=O)C(=O)O. The van der Waals surface area contributed by atoms with E-state index in [1.807, 2.05) is 20.8 Å². The van der Waals surface area contributed by atoms with Crippen molar-refractivity contribution >= 4 is 52.7 Å². The Labute approximate surface area is 159 Å². The number of carbonyl (C=O) groups is 3. The van der Waals surface area contributed by atoms with Crippen LogP contribution in [-0.4, -0.2) is 29.6 Å². The first kappa shape index (κ1) is 21.5. The summed E-state index contributed by atoms with van der Waals surface area (Å²) in [4.78, 5) is 34.3. The molecule has 6 nitrogen and oxygen atoms in total. The summed E-state index contributed by atoms with van der Waals surface area (Å²) in [5, 5.41) is 8.08. The molecule has 0 atom stereocenters. The van der Waals surface area contributed by atoms with Gasteiger partial charge in [-0.3, -0.25) is 0 Å². The Bertz CT molecular complexity index is 694. The first-order valence-electron chi connectivity index (χ1n) is 7.23. The summed E-state index contributed by atoms with van der Waals surface area (Å²) in [5.74, 6) is -4.91. The molecule has 1 aromatic rings. The molecule has 1 rings (SSSR count). The van der Waals surface area contributed by atoms with E-state index in [0.717, 1.165) is 12.5 Å². The maximum atomic E-state index is 12.3. The van der Waals surface area contributed by atoms with Crippen molar-refractivity contribution in [3.63, 3.8) is 0 Å². The third-order valence-electron chi connectivity index (χ3n) is 3.00. The van der Waals surface area contributed by atoms with Gasteiger partial charge in [0.05, 0.1) is 21.7 Å². The van der Waals surface area contributed by atoms with E-state index in [4.69, 9.17) is 44.6 Å². The molecule has 0 radical (unpaired) electrons. The Kier molecular flexibility index (Phi) is 7.53. The van der Waals surface area contributed by atoms with Gasteiger partial charge < -0.3 is 14.6 Å². The van der Waals surface area contributed by atoms with Crippen molar-refractivity contribution < 1.29 is 29.0 Å². The monoisotopic (exact) mass is 410 g/mol. The summed E-state index contributed by atoms with van der Waals surface area (Å²) < 4.78 is 9.76. The average molecular weight is 412 g/mol. The summed E-state index contributed by atoms with van der Waals surface area (Å²) in [7, 11) is 0. The minimum absolute atomic E-state index is 0.0663. The van der Waals surface area contributed by atoms with Crippen LogP contribution in [-0.2, 0) is 14.3 Å². The number of carbonyl (C=O) groups excluding carboxylic acids is 2. The van der Waals surface area contributed by atoms with Gasteiger partial charge in [-0.05, 0) is 24.3 Å². The van der Waals surface area contributed by atoms with Gasteiger partial charge in [0, 0.05) is 0 Å². The fourth-order valence-corrected chi connectivity index (χ4v) is 2.56. The highest BCUT2D eigenvalue weighted by Crippen LogP contribution is 2.39. The van der Waals surface area contributed by atoms with Crippen molar-refractivity contribution in [2.75, 3.05) is 6.61 Å². The van der Waals surface area contributed by atoms with Gasteiger partial charge in [0.15, 0.2) is 5.75 Å².